The molecule has 1 saturated heterocycles. The van der Waals surface area contributed by atoms with Crippen molar-refractivity contribution in [3.05, 3.63) is 34.8 Å². The van der Waals surface area contributed by atoms with E-state index >= 15 is 0 Å². The Morgan fingerprint density at radius 2 is 2.15 bits per heavy atom. The number of carbonyl (C=O) groups is 1. The van der Waals surface area contributed by atoms with E-state index in [1.165, 1.54) is 5.01 Å². The summed E-state index contributed by atoms with van der Waals surface area (Å²) in [4.78, 5) is 19.5. The van der Waals surface area contributed by atoms with Crippen molar-refractivity contribution >= 4 is 22.9 Å². The Balaban J connectivity index is 1.16. The van der Waals surface area contributed by atoms with Crippen LogP contribution >= 0.6 is 11.3 Å². The van der Waals surface area contributed by atoms with Gasteiger partial charge in [-0.05, 0) is 49.9 Å². The minimum atomic E-state index is 0.134. The van der Waals surface area contributed by atoms with Crippen LogP contribution < -0.4 is 14.8 Å². The Bertz CT molecular complexity index is 815. The zero-order valence-electron chi connectivity index (χ0n) is 14.4. The van der Waals surface area contributed by atoms with Gasteiger partial charge in [-0.2, -0.15) is 0 Å². The highest BCUT2D eigenvalue weighted by Crippen LogP contribution is 2.59. The maximum atomic E-state index is 12.7. The number of nitrogens with zero attached hydrogens (tertiary/aromatic N) is 2. The fourth-order valence-electron chi connectivity index (χ4n) is 4.15. The first kappa shape index (κ1) is 16.1. The summed E-state index contributed by atoms with van der Waals surface area (Å²) in [6.45, 7) is 3.28. The minimum Gasteiger partial charge on any atom is -0.454 e. The van der Waals surface area contributed by atoms with Crippen molar-refractivity contribution in [1.29, 1.82) is 0 Å². The number of piperidine rings is 1. The van der Waals surface area contributed by atoms with E-state index < -0.39 is 0 Å². The third-order valence-corrected chi connectivity index (χ3v) is 6.60. The van der Waals surface area contributed by atoms with Crippen LogP contribution in [0.2, 0.25) is 0 Å². The van der Waals surface area contributed by atoms with E-state index in [1.807, 2.05) is 29.8 Å². The molecule has 1 spiro atoms. The van der Waals surface area contributed by atoms with Crippen molar-refractivity contribution in [3.63, 3.8) is 0 Å². The lowest BCUT2D eigenvalue weighted by Gasteiger charge is -2.32. The van der Waals surface area contributed by atoms with E-state index in [-0.39, 0.29) is 24.0 Å². The van der Waals surface area contributed by atoms with Crippen LogP contribution in [0.5, 0.6) is 11.5 Å². The number of hydrogen-bond acceptors (Lipinski definition) is 6. The Kier molecular flexibility index (Phi) is 3.86. The Morgan fingerprint density at radius 3 is 2.96 bits per heavy atom. The number of hydrogen-bond donors (Lipinski definition) is 1. The molecule has 1 N–H and O–H groups in total. The van der Waals surface area contributed by atoms with Gasteiger partial charge in [0.05, 0.1) is 6.54 Å². The number of aromatic nitrogens is 1. The molecule has 2 aliphatic heterocycles. The highest BCUT2D eigenvalue weighted by atomic mass is 32.1. The molecule has 1 saturated carbocycles. The van der Waals surface area contributed by atoms with Crippen LogP contribution in [0.3, 0.4) is 0 Å². The number of benzene rings is 1. The molecule has 1 unspecified atom stereocenters. The Morgan fingerprint density at radius 1 is 1.31 bits per heavy atom. The summed E-state index contributed by atoms with van der Waals surface area (Å²) < 4.78 is 10.7. The van der Waals surface area contributed by atoms with Gasteiger partial charge in [-0.15, -0.1) is 11.3 Å². The highest BCUT2D eigenvalue weighted by molar-refractivity contribution is 7.09. The summed E-state index contributed by atoms with van der Waals surface area (Å²) in [5, 5.41) is 6.26. The van der Waals surface area contributed by atoms with E-state index in [9.17, 15) is 4.79 Å². The van der Waals surface area contributed by atoms with Gasteiger partial charge in [-0.3, -0.25) is 9.69 Å². The lowest BCUT2D eigenvalue weighted by Crippen LogP contribution is -2.35. The zero-order valence-corrected chi connectivity index (χ0v) is 15.3. The van der Waals surface area contributed by atoms with Gasteiger partial charge in [0.25, 0.3) is 0 Å². The largest absolute Gasteiger partial charge is 0.454 e. The van der Waals surface area contributed by atoms with Crippen LogP contribution in [0, 0.1) is 11.3 Å². The number of thiazole rings is 1. The maximum absolute atomic E-state index is 12.7. The lowest BCUT2D eigenvalue weighted by atomic mass is 9.90. The molecule has 136 valence electrons. The van der Waals surface area contributed by atoms with Gasteiger partial charge in [0.2, 0.25) is 12.7 Å². The molecule has 2 aromatic rings. The normalized spacial score (nSPS) is 23.2. The molecular weight excluding hydrogens is 350 g/mol. The molecule has 7 heteroatoms. The van der Waals surface area contributed by atoms with Gasteiger partial charge >= 0.3 is 0 Å². The molecule has 26 heavy (non-hydrogen) atoms. The Labute approximate surface area is 156 Å². The average Bonchev–Trinajstić information content (AvgIpc) is 3.02. The van der Waals surface area contributed by atoms with Crippen LogP contribution in [-0.4, -0.2) is 35.7 Å². The van der Waals surface area contributed by atoms with Crippen molar-refractivity contribution < 1.29 is 14.3 Å². The van der Waals surface area contributed by atoms with Crippen LogP contribution in [0.25, 0.3) is 0 Å². The number of likely N-dealkylation sites (tertiary alicyclic amines) is 1. The van der Waals surface area contributed by atoms with Gasteiger partial charge in [0.15, 0.2) is 11.5 Å². The van der Waals surface area contributed by atoms with E-state index in [2.05, 4.69) is 15.2 Å². The van der Waals surface area contributed by atoms with Crippen LogP contribution in [0.1, 0.15) is 24.3 Å². The number of anilines is 1. The first-order chi connectivity index (χ1) is 12.7. The fraction of sp³-hybridized carbons (Fsp3) is 0.474. The lowest BCUT2D eigenvalue weighted by molar-refractivity contribution is -0.118. The smallest absolute Gasteiger partial charge is 0.231 e. The average molecular weight is 371 g/mol. The first-order valence-corrected chi connectivity index (χ1v) is 9.91. The van der Waals surface area contributed by atoms with Crippen LogP contribution in [-0.2, 0) is 11.3 Å². The molecule has 3 heterocycles. The van der Waals surface area contributed by atoms with E-state index in [0.29, 0.717) is 5.75 Å². The summed E-state index contributed by atoms with van der Waals surface area (Å²) in [6, 6.07) is 5.56. The predicted octanol–water partition coefficient (Wildman–Crippen LogP) is 3.11. The summed E-state index contributed by atoms with van der Waals surface area (Å²) in [7, 11) is 0. The molecule has 3 aliphatic rings. The molecule has 1 atom stereocenters. The fourth-order valence-corrected chi connectivity index (χ4v) is 4.81. The second-order valence-electron chi connectivity index (χ2n) is 7.38. The quantitative estimate of drug-likeness (QED) is 0.895. The number of rotatable bonds is 4. The van der Waals surface area contributed by atoms with Gasteiger partial charge in [-0.25, -0.2) is 4.98 Å². The van der Waals surface area contributed by atoms with Crippen molar-refractivity contribution in [2.24, 2.45) is 11.3 Å². The first-order valence-electron chi connectivity index (χ1n) is 9.03. The third kappa shape index (κ3) is 2.95. The number of amides is 1. The Hall–Kier alpha value is -2.12. The summed E-state index contributed by atoms with van der Waals surface area (Å²) in [5.41, 5.74) is 0.988. The standard InChI is InChI=1S/C19H21N3O3S/c23-18(21-13-1-2-15-16(9-13)25-12-24-15)14-10-19(14)3-6-22(7-4-19)11-17-20-5-8-26-17/h1-2,5,8-9,14H,3-4,6-7,10-12H2,(H,21,23). The number of nitrogens with one attached hydrogen (secondary N) is 1. The molecular formula is C19H21N3O3S. The SMILES string of the molecule is O=C(Nc1ccc2c(c1)OCO2)C1CC12CCN(Cc1nccs1)CC2. The molecule has 2 fully saturated rings. The molecule has 1 aromatic heterocycles. The summed E-state index contributed by atoms with van der Waals surface area (Å²) in [6.07, 6.45) is 5.06. The zero-order chi connectivity index (χ0) is 17.6. The van der Waals surface area contributed by atoms with E-state index in [0.717, 1.165) is 50.3 Å². The van der Waals surface area contributed by atoms with Crippen molar-refractivity contribution in [1.82, 2.24) is 9.88 Å². The van der Waals surface area contributed by atoms with Gasteiger partial charge in [0.1, 0.15) is 5.01 Å². The number of fused-ring (bicyclic) bond motifs is 1. The molecule has 1 amide bonds. The molecule has 0 bridgehead atoms. The molecule has 1 aromatic carbocycles. The van der Waals surface area contributed by atoms with Crippen molar-refractivity contribution in [2.45, 2.75) is 25.8 Å². The van der Waals surface area contributed by atoms with Crippen LogP contribution in [0.4, 0.5) is 5.69 Å². The van der Waals surface area contributed by atoms with Gasteiger partial charge in [-0.1, -0.05) is 0 Å². The predicted molar refractivity (Wildman–Crippen MR) is 98.4 cm³/mol. The highest BCUT2D eigenvalue weighted by Gasteiger charge is 2.58. The number of ether oxygens (including phenoxy) is 2. The molecule has 1 aliphatic carbocycles. The monoisotopic (exact) mass is 371 g/mol. The topological polar surface area (TPSA) is 63.7 Å². The summed E-state index contributed by atoms with van der Waals surface area (Å²) in [5.74, 6) is 1.70. The molecule has 5 rings (SSSR count). The van der Waals surface area contributed by atoms with E-state index in [4.69, 9.17) is 9.47 Å². The molecule has 6 nitrogen and oxygen atoms in total. The third-order valence-electron chi connectivity index (χ3n) is 5.84. The number of carbonyl (C=O) groups excluding carboxylic acids is 1. The minimum absolute atomic E-state index is 0.134. The summed E-state index contributed by atoms with van der Waals surface area (Å²) >= 11 is 1.71. The van der Waals surface area contributed by atoms with Gasteiger partial charge < -0.3 is 14.8 Å². The maximum Gasteiger partial charge on any atom is 0.231 e. The second-order valence-corrected chi connectivity index (χ2v) is 8.36. The van der Waals surface area contributed by atoms with Crippen molar-refractivity contribution in [3.8, 4) is 11.5 Å². The van der Waals surface area contributed by atoms with E-state index in [1.54, 1.807) is 11.3 Å². The van der Waals surface area contributed by atoms with Crippen LogP contribution in [0.15, 0.2) is 29.8 Å². The second kappa shape index (κ2) is 6.25. The molecule has 0 radical (unpaired) electrons. The van der Waals surface area contributed by atoms with Crippen molar-refractivity contribution in [2.75, 3.05) is 25.2 Å². The van der Waals surface area contributed by atoms with Gasteiger partial charge in [0, 0.05) is 29.2 Å².